The van der Waals surface area contributed by atoms with Crippen molar-refractivity contribution in [3.05, 3.63) is 54.4 Å². The van der Waals surface area contributed by atoms with E-state index in [1.54, 1.807) is 18.3 Å². The van der Waals surface area contributed by atoms with Crippen molar-refractivity contribution in [2.75, 3.05) is 5.32 Å². The molecule has 0 fully saturated rings. The molecule has 1 aromatic carbocycles. The van der Waals surface area contributed by atoms with Crippen molar-refractivity contribution in [1.29, 1.82) is 0 Å². The average molecular weight is 320 g/mol. The smallest absolute Gasteiger partial charge is 0.257 e. The van der Waals surface area contributed by atoms with E-state index in [1.807, 2.05) is 24.4 Å². The number of carbonyl (C=O) groups is 1. The van der Waals surface area contributed by atoms with Crippen molar-refractivity contribution in [3.8, 4) is 0 Å². The van der Waals surface area contributed by atoms with Gasteiger partial charge in [0.15, 0.2) is 5.65 Å². The van der Waals surface area contributed by atoms with Gasteiger partial charge >= 0.3 is 0 Å². The Kier molecular flexibility index (Phi) is 3.26. The molecule has 3 heterocycles. The number of rotatable bonds is 3. The summed E-state index contributed by atoms with van der Waals surface area (Å²) in [4.78, 5) is 12.6. The molecular weight excluding hydrogens is 304 g/mol. The summed E-state index contributed by atoms with van der Waals surface area (Å²) in [6, 6.07) is 11.7. The number of carbonyl (C=O) groups excluding carboxylic acids is 1. The van der Waals surface area contributed by atoms with Crippen molar-refractivity contribution >= 4 is 28.1 Å². The summed E-state index contributed by atoms with van der Waals surface area (Å²) < 4.78 is 3.66. The maximum Gasteiger partial charge on any atom is 0.257 e. The van der Waals surface area contributed by atoms with Crippen LogP contribution < -0.4 is 5.32 Å². The first-order chi connectivity index (χ1) is 11.6. The van der Waals surface area contributed by atoms with Crippen LogP contribution in [-0.2, 0) is 0 Å². The van der Waals surface area contributed by atoms with Crippen LogP contribution in [0.5, 0.6) is 0 Å². The SMILES string of the molecule is CC(C)n1ccc2c(NC(=O)c3ccc4nnnn4c3)cccc21. The molecule has 0 aliphatic rings. The highest BCUT2D eigenvalue weighted by atomic mass is 16.1. The van der Waals surface area contributed by atoms with E-state index in [2.05, 4.69) is 45.3 Å². The summed E-state index contributed by atoms with van der Waals surface area (Å²) in [7, 11) is 0. The molecule has 1 amide bonds. The summed E-state index contributed by atoms with van der Waals surface area (Å²) >= 11 is 0. The zero-order chi connectivity index (χ0) is 16.7. The molecule has 0 radical (unpaired) electrons. The predicted octanol–water partition coefficient (Wildman–Crippen LogP) is 2.91. The maximum atomic E-state index is 12.6. The number of nitrogens with one attached hydrogen (secondary N) is 1. The van der Waals surface area contributed by atoms with Gasteiger partial charge in [-0.1, -0.05) is 6.07 Å². The molecule has 0 unspecified atom stereocenters. The molecule has 0 saturated heterocycles. The third-order valence-electron chi connectivity index (χ3n) is 4.02. The van der Waals surface area contributed by atoms with Crippen LogP contribution in [0.15, 0.2) is 48.8 Å². The van der Waals surface area contributed by atoms with Gasteiger partial charge in [0, 0.05) is 23.8 Å². The molecule has 4 aromatic rings. The Morgan fingerprint density at radius 1 is 1.17 bits per heavy atom. The highest BCUT2D eigenvalue weighted by Gasteiger charge is 2.12. The lowest BCUT2D eigenvalue weighted by Gasteiger charge is -2.11. The Labute approximate surface area is 137 Å². The van der Waals surface area contributed by atoms with E-state index in [0.717, 1.165) is 16.6 Å². The quantitative estimate of drug-likeness (QED) is 0.629. The van der Waals surface area contributed by atoms with Crippen LogP contribution in [0.25, 0.3) is 16.6 Å². The fourth-order valence-corrected chi connectivity index (χ4v) is 2.82. The highest BCUT2D eigenvalue weighted by Crippen LogP contribution is 2.27. The molecular formula is C17H16N6O. The molecule has 4 rings (SSSR count). The van der Waals surface area contributed by atoms with Gasteiger partial charge in [0.25, 0.3) is 5.91 Å². The van der Waals surface area contributed by atoms with E-state index in [9.17, 15) is 4.79 Å². The molecule has 0 aliphatic carbocycles. The third-order valence-corrected chi connectivity index (χ3v) is 4.02. The summed E-state index contributed by atoms with van der Waals surface area (Å²) in [6.07, 6.45) is 3.65. The molecule has 120 valence electrons. The van der Waals surface area contributed by atoms with Gasteiger partial charge < -0.3 is 9.88 Å². The zero-order valence-electron chi connectivity index (χ0n) is 13.3. The second kappa shape index (κ2) is 5.45. The molecule has 3 aromatic heterocycles. The number of amides is 1. The van der Waals surface area contributed by atoms with Gasteiger partial charge in [0.2, 0.25) is 0 Å². The molecule has 0 atom stereocenters. The first-order valence-electron chi connectivity index (χ1n) is 7.72. The second-order valence-corrected chi connectivity index (χ2v) is 5.91. The molecule has 0 saturated carbocycles. The lowest BCUT2D eigenvalue weighted by atomic mass is 10.2. The average Bonchev–Trinajstić information content (AvgIpc) is 3.21. The topological polar surface area (TPSA) is 77.1 Å². The maximum absolute atomic E-state index is 12.6. The van der Waals surface area contributed by atoms with Crippen LogP contribution in [0.2, 0.25) is 0 Å². The Morgan fingerprint density at radius 2 is 2.04 bits per heavy atom. The summed E-state index contributed by atoms with van der Waals surface area (Å²) in [5, 5.41) is 15.2. The Bertz CT molecular complexity index is 1050. The molecule has 7 nitrogen and oxygen atoms in total. The van der Waals surface area contributed by atoms with E-state index in [-0.39, 0.29) is 5.91 Å². The summed E-state index contributed by atoms with van der Waals surface area (Å²) in [6.45, 7) is 4.26. The van der Waals surface area contributed by atoms with Crippen LogP contribution in [0.4, 0.5) is 5.69 Å². The normalized spacial score (nSPS) is 11.5. The Balaban J connectivity index is 1.69. The Morgan fingerprint density at radius 3 is 2.88 bits per heavy atom. The Hall–Kier alpha value is -3.22. The lowest BCUT2D eigenvalue weighted by Crippen LogP contribution is -2.13. The number of pyridine rings is 1. The number of nitrogens with zero attached hydrogens (tertiary/aromatic N) is 5. The van der Waals surface area contributed by atoms with Crippen LogP contribution in [0.3, 0.4) is 0 Å². The number of aromatic nitrogens is 5. The van der Waals surface area contributed by atoms with Crippen molar-refractivity contribution < 1.29 is 4.79 Å². The molecule has 0 spiro atoms. The number of fused-ring (bicyclic) bond motifs is 2. The van der Waals surface area contributed by atoms with E-state index < -0.39 is 0 Å². The van der Waals surface area contributed by atoms with Crippen molar-refractivity contribution in [2.45, 2.75) is 19.9 Å². The van der Waals surface area contributed by atoms with E-state index in [4.69, 9.17) is 0 Å². The van der Waals surface area contributed by atoms with Gasteiger partial charge in [0.1, 0.15) is 0 Å². The highest BCUT2D eigenvalue weighted by molar-refractivity contribution is 6.08. The first kappa shape index (κ1) is 14.4. The fourth-order valence-electron chi connectivity index (χ4n) is 2.82. The number of hydrogen-bond acceptors (Lipinski definition) is 4. The standard InChI is InChI=1S/C17H16N6O/c1-11(2)22-9-8-13-14(4-3-5-15(13)22)18-17(24)12-6-7-16-19-20-21-23(16)10-12/h3-11H,1-2H3,(H,18,24). The molecule has 1 N–H and O–H groups in total. The van der Waals surface area contributed by atoms with Crippen LogP contribution in [0, 0.1) is 0 Å². The largest absolute Gasteiger partial charge is 0.345 e. The minimum atomic E-state index is -0.197. The predicted molar refractivity (Wildman–Crippen MR) is 91.1 cm³/mol. The van der Waals surface area contributed by atoms with Gasteiger partial charge in [-0.3, -0.25) is 4.79 Å². The second-order valence-electron chi connectivity index (χ2n) is 5.91. The van der Waals surface area contributed by atoms with Crippen LogP contribution >= 0.6 is 0 Å². The van der Waals surface area contributed by atoms with E-state index in [0.29, 0.717) is 17.3 Å². The molecule has 24 heavy (non-hydrogen) atoms. The van der Waals surface area contributed by atoms with Crippen molar-refractivity contribution in [3.63, 3.8) is 0 Å². The van der Waals surface area contributed by atoms with E-state index >= 15 is 0 Å². The van der Waals surface area contributed by atoms with Gasteiger partial charge in [-0.2, -0.15) is 4.52 Å². The fraction of sp³-hybridized carbons (Fsp3) is 0.176. The van der Waals surface area contributed by atoms with E-state index in [1.165, 1.54) is 4.52 Å². The zero-order valence-corrected chi connectivity index (χ0v) is 13.3. The summed E-state index contributed by atoms with van der Waals surface area (Å²) in [5.74, 6) is -0.197. The van der Waals surface area contributed by atoms with Gasteiger partial charge in [0.05, 0.1) is 16.8 Å². The minimum Gasteiger partial charge on any atom is -0.345 e. The minimum absolute atomic E-state index is 0.197. The molecule has 7 heteroatoms. The number of benzene rings is 1. The van der Waals surface area contributed by atoms with Crippen LogP contribution in [0.1, 0.15) is 30.2 Å². The number of hydrogen-bond donors (Lipinski definition) is 1. The van der Waals surface area contributed by atoms with Gasteiger partial charge in [-0.15, -0.1) is 5.10 Å². The number of tetrazole rings is 1. The van der Waals surface area contributed by atoms with Gasteiger partial charge in [-0.25, -0.2) is 0 Å². The first-order valence-corrected chi connectivity index (χ1v) is 7.72. The third kappa shape index (κ3) is 2.30. The summed E-state index contributed by atoms with van der Waals surface area (Å²) in [5.41, 5.74) is 2.98. The lowest BCUT2D eigenvalue weighted by molar-refractivity contribution is 0.102. The van der Waals surface area contributed by atoms with Gasteiger partial charge in [-0.05, 0) is 54.6 Å². The monoisotopic (exact) mass is 320 g/mol. The van der Waals surface area contributed by atoms with Crippen LogP contribution in [-0.4, -0.2) is 30.5 Å². The number of anilines is 1. The molecule has 0 bridgehead atoms. The van der Waals surface area contributed by atoms with Crippen molar-refractivity contribution in [2.24, 2.45) is 0 Å². The van der Waals surface area contributed by atoms with Crippen molar-refractivity contribution in [1.82, 2.24) is 24.6 Å². The molecule has 0 aliphatic heterocycles.